The molecule has 0 saturated carbocycles. The van der Waals surface area contributed by atoms with Gasteiger partial charge in [-0.15, -0.1) is 0 Å². The predicted molar refractivity (Wildman–Crippen MR) is 106 cm³/mol. The SMILES string of the molecule is O=C1NC(N[C@@H]2CN3CCC2CC3)(OC(=O)C(F)(F)F)NC1=Cc1c[nH]c2ncccc12. The molecular formula is C20H21F3N6O3. The number of aromatic nitrogens is 2. The maximum atomic E-state index is 13.0. The lowest BCUT2D eigenvalue weighted by molar-refractivity contribution is -0.223. The summed E-state index contributed by atoms with van der Waals surface area (Å²) in [6.45, 7) is 2.41. The van der Waals surface area contributed by atoms with Crippen LogP contribution in [-0.2, 0) is 14.3 Å². The number of esters is 1. The van der Waals surface area contributed by atoms with Gasteiger partial charge in [-0.2, -0.15) is 13.2 Å². The van der Waals surface area contributed by atoms with Gasteiger partial charge in [-0.25, -0.2) is 15.1 Å². The van der Waals surface area contributed by atoms with Gasteiger partial charge in [0.25, 0.3) is 5.91 Å². The molecule has 0 radical (unpaired) electrons. The van der Waals surface area contributed by atoms with Gasteiger partial charge < -0.3 is 19.9 Å². The fourth-order valence-electron chi connectivity index (χ4n) is 4.60. The number of nitrogens with one attached hydrogen (secondary N) is 4. The van der Waals surface area contributed by atoms with Gasteiger partial charge in [-0.1, -0.05) is 0 Å². The molecule has 4 saturated heterocycles. The Kier molecular flexibility index (Phi) is 4.86. The first-order valence-electron chi connectivity index (χ1n) is 10.3. The highest BCUT2D eigenvalue weighted by Gasteiger charge is 2.53. The zero-order chi connectivity index (χ0) is 22.5. The minimum absolute atomic E-state index is 0.0431. The summed E-state index contributed by atoms with van der Waals surface area (Å²) in [4.78, 5) is 33.7. The number of ether oxygens (including phenoxy) is 1. The maximum absolute atomic E-state index is 13.0. The first kappa shape index (κ1) is 20.8. The van der Waals surface area contributed by atoms with Crippen molar-refractivity contribution >= 4 is 29.0 Å². The molecule has 0 spiro atoms. The number of nitrogens with zero attached hydrogens (tertiary/aromatic N) is 2. The number of carbonyl (C=O) groups excluding carboxylic acids is 2. The number of rotatable bonds is 4. The lowest BCUT2D eigenvalue weighted by Crippen LogP contribution is -2.71. The number of hydrogen-bond acceptors (Lipinski definition) is 7. The molecule has 2 bridgehead atoms. The van der Waals surface area contributed by atoms with Crippen LogP contribution in [0.3, 0.4) is 0 Å². The third kappa shape index (κ3) is 3.79. The van der Waals surface area contributed by atoms with Crippen molar-refractivity contribution in [2.75, 3.05) is 19.6 Å². The summed E-state index contributed by atoms with van der Waals surface area (Å²) < 4.78 is 43.8. The molecule has 4 aliphatic rings. The van der Waals surface area contributed by atoms with Crippen molar-refractivity contribution in [1.82, 2.24) is 30.8 Å². The minimum Gasteiger partial charge on any atom is -0.399 e. The highest BCUT2D eigenvalue weighted by Crippen LogP contribution is 2.30. The van der Waals surface area contributed by atoms with Gasteiger partial charge in [0.15, 0.2) is 0 Å². The summed E-state index contributed by atoms with van der Waals surface area (Å²) in [5.74, 6) is -5.11. The lowest BCUT2D eigenvalue weighted by atomic mass is 9.84. The third-order valence-electron chi connectivity index (χ3n) is 6.15. The standard InChI is InChI=1S/C20H21F3N6O3/c21-19(22,23)18(31)32-20(27-15-10-29-6-3-11(15)4-7-29)26-14(17(30)28-20)8-12-9-25-16-13(12)2-1-5-24-16/h1-2,5,8-9,11,15,26-27H,3-4,6-7,10H2,(H,24,25)(H,28,30)/t15-,20?/m1/s1. The van der Waals surface area contributed by atoms with Crippen molar-refractivity contribution in [2.24, 2.45) is 5.92 Å². The van der Waals surface area contributed by atoms with Gasteiger partial charge in [0, 0.05) is 35.9 Å². The van der Waals surface area contributed by atoms with Gasteiger partial charge in [-0.3, -0.25) is 10.1 Å². The number of aromatic amines is 1. The summed E-state index contributed by atoms with van der Waals surface area (Å²) in [6.07, 6.45) is 1.24. The van der Waals surface area contributed by atoms with Crippen molar-refractivity contribution in [1.29, 1.82) is 0 Å². The quantitative estimate of drug-likeness (QED) is 0.313. The number of halogens is 3. The molecule has 4 fully saturated rings. The normalized spacial score (nSPS) is 31.0. The summed E-state index contributed by atoms with van der Waals surface area (Å²) >= 11 is 0. The second kappa shape index (κ2) is 7.48. The molecule has 4 N–H and O–H groups in total. The van der Waals surface area contributed by atoms with E-state index < -0.39 is 24.0 Å². The van der Waals surface area contributed by atoms with Crippen LogP contribution >= 0.6 is 0 Å². The monoisotopic (exact) mass is 450 g/mol. The molecule has 6 rings (SSSR count). The minimum atomic E-state index is -5.22. The van der Waals surface area contributed by atoms with E-state index in [4.69, 9.17) is 4.74 Å². The van der Waals surface area contributed by atoms with E-state index in [0.717, 1.165) is 31.3 Å². The average Bonchev–Trinajstić information content (AvgIpc) is 3.29. The molecule has 4 aliphatic heterocycles. The van der Waals surface area contributed by atoms with E-state index in [1.54, 1.807) is 24.5 Å². The van der Waals surface area contributed by atoms with E-state index >= 15 is 0 Å². The molecule has 0 aliphatic carbocycles. The Balaban J connectivity index is 1.45. The number of fused-ring (bicyclic) bond motifs is 4. The number of H-pyrrole nitrogens is 1. The topological polar surface area (TPSA) is 111 Å². The number of pyridine rings is 1. The lowest BCUT2D eigenvalue weighted by Gasteiger charge is -2.47. The van der Waals surface area contributed by atoms with Crippen LogP contribution in [0.25, 0.3) is 17.1 Å². The van der Waals surface area contributed by atoms with Gasteiger partial charge in [0.05, 0.1) is 0 Å². The van der Waals surface area contributed by atoms with Gasteiger partial charge in [-0.05, 0) is 50.1 Å². The Labute approximate surface area is 180 Å². The van der Waals surface area contributed by atoms with E-state index in [-0.39, 0.29) is 17.7 Å². The molecule has 170 valence electrons. The smallest absolute Gasteiger partial charge is 0.399 e. The largest absolute Gasteiger partial charge is 0.491 e. The number of piperidine rings is 3. The summed E-state index contributed by atoms with van der Waals surface area (Å²) in [5.41, 5.74) is 1.16. The number of carbonyl (C=O) groups is 2. The third-order valence-corrected chi connectivity index (χ3v) is 6.15. The van der Waals surface area contributed by atoms with Crippen LogP contribution in [0.2, 0.25) is 0 Å². The van der Waals surface area contributed by atoms with Crippen molar-refractivity contribution in [3.63, 3.8) is 0 Å². The van der Waals surface area contributed by atoms with Crippen molar-refractivity contribution in [3.8, 4) is 0 Å². The molecule has 1 amide bonds. The van der Waals surface area contributed by atoms with E-state index in [1.807, 2.05) is 0 Å². The molecule has 2 aromatic rings. The molecule has 6 heterocycles. The van der Waals surface area contributed by atoms with Gasteiger partial charge >= 0.3 is 18.1 Å². The summed E-state index contributed by atoms with van der Waals surface area (Å²) in [6, 6.07) is 3.26. The Bertz CT molecular complexity index is 1090. The highest BCUT2D eigenvalue weighted by molar-refractivity contribution is 6.02. The molecule has 9 nitrogen and oxygen atoms in total. The van der Waals surface area contributed by atoms with Crippen LogP contribution in [-0.4, -0.2) is 64.6 Å². The van der Waals surface area contributed by atoms with E-state index in [0.29, 0.717) is 17.8 Å². The van der Waals surface area contributed by atoms with Crippen LogP contribution in [0.4, 0.5) is 13.2 Å². The van der Waals surface area contributed by atoms with Crippen molar-refractivity contribution in [3.05, 3.63) is 35.8 Å². The van der Waals surface area contributed by atoms with E-state index in [2.05, 4.69) is 30.8 Å². The van der Waals surface area contributed by atoms with Crippen LogP contribution < -0.4 is 16.0 Å². The summed E-state index contributed by atoms with van der Waals surface area (Å²) in [7, 11) is 0. The number of alkyl halides is 3. The fraction of sp³-hybridized carbons (Fsp3) is 0.450. The molecule has 32 heavy (non-hydrogen) atoms. The van der Waals surface area contributed by atoms with Crippen molar-refractivity contribution < 1.29 is 27.5 Å². The Morgan fingerprint density at radius 2 is 2.09 bits per heavy atom. The first-order valence-corrected chi connectivity index (χ1v) is 10.3. The van der Waals surface area contributed by atoms with Gasteiger partial charge in [0.1, 0.15) is 11.3 Å². The van der Waals surface area contributed by atoms with E-state index in [1.165, 1.54) is 6.08 Å². The highest BCUT2D eigenvalue weighted by atomic mass is 19.4. The fourth-order valence-corrected chi connectivity index (χ4v) is 4.60. The van der Waals surface area contributed by atoms with Crippen molar-refractivity contribution in [2.45, 2.75) is 31.0 Å². The Morgan fingerprint density at radius 3 is 2.78 bits per heavy atom. The molecule has 1 unspecified atom stereocenters. The molecule has 12 heteroatoms. The van der Waals surface area contributed by atoms with Gasteiger partial charge in [0.2, 0.25) is 0 Å². The maximum Gasteiger partial charge on any atom is 0.491 e. The Hall–Kier alpha value is -3.12. The van der Waals surface area contributed by atoms with E-state index in [9.17, 15) is 22.8 Å². The second-order valence-electron chi connectivity index (χ2n) is 8.24. The predicted octanol–water partition coefficient (Wildman–Crippen LogP) is 1.02. The van der Waals surface area contributed by atoms with Crippen LogP contribution in [0.1, 0.15) is 18.4 Å². The molecular weight excluding hydrogens is 429 g/mol. The first-order chi connectivity index (χ1) is 15.2. The number of hydrogen-bond donors (Lipinski definition) is 4. The number of amides is 1. The second-order valence-corrected chi connectivity index (χ2v) is 8.24. The van der Waals surface area contributed by atoms with Crippen LogP contribution in [0.5, 0.6) is 0 Å². The Morgan fingerprint density at radius 1 is 1.31 bits per heavy atom. The van der Waals surface area contributed by atoms with Crippen LogP contribution in [0, 0.1) is 5.92 Å². The molecule has 2 atom stereocenters. The van der Waals surface area contributed by atoms with Crippen LogP contribution in [0.15, 0.2) is 30.2 Å². The summed E-state index contributed by atoms with van der Waals surface area (Å²) in [5, 5.41) is 8.71. The zero-order valence-electron chi connectivity index (χ0n) is 16.8. The molecule has 0 aromatic carbocycles. The zero-order valence-corrected chi connectivity index (χ0v) is 16.8. The average molecular weight is 450 g/mol. The molecule has 2 aromatic heterocycles.